The summed E-state index contributed by atoms with van der Waals surface area (Å²) in [4.78, 5) is 0. The number of ether oxygens (including phenoxy) is 2. The van der Waals surface area contributed by atoms with Crippen LogP contribution in [-0.4, -0.2) is 13.2 Å². The molecule has 1 aromatic carbocycles. The maximum absolute atomic E-state index is 5.41. The van der Waals surface area contributed by atoms with Crippen molar-refractivity contribution in [3.8, 4) is 5.75 Å². The number of rotatable bonds is 3. The third-order valence-corrected chi connectivity index (χ3v) is 2.24. The minimum atomic E-state index is 0.306. The second kappa shape index (κ2) is 3.79. The highest BCUT2D eigenvalue weighted by Gasteiger charge is 2.20. The van der Waals surface area contributed by atoms with Crippen molar-refractivity contribution in [2.24, 2.45) is 0 Å². The fraction of sp³-hybridized carbons (Fsp3) is 0.455. The van der Waals surface area contributed by atoms with Crippen molar-refractivity contribution in [1.82, 2.24) is 0 Å². The van der Waals surface area contributed by atoms with E-state index >= 15 is 0 Å². The zero-order chi connectivity index (χ0) is 9.10. The van der Waals surface area contributed by atoms with Crippen LogP contribution in [0.4, 0.5) is 0 Å². The van der Waals surface area contributed by atoms with Gasteiger partial charge in [-0.3, -0.25) is 0 Å². The van der Waals surface area contributed by atoms with Crippen LogP contribution < -0.4 is 4.74 Å². The highest BCUT2D eigenvalue weighted by atomic mass is 16.5. The van der Waals surface area contributed by atoms with Gasteiger partial charge in [0.25, 0.3) is 0 Å². The van der Waals surface area contributed by atoms with Crippen molar-refractivity contribution in [1.29, 1.82) is 0 Å². The van der Waals surface area contributed by atoms with E-state index in [2.05, 4.69) is 12.1 Å². The van der Waals surface area contributed by atoms with Crippen molar-refractivity contribution in [2.75, 3.05) is 13.2 Å². The Labute approximate surface area is 78.5 Å². The Morgan fingerprint density at radius 2 is 2.38 bits per heavy atom. The Balaban J connectivity index is 2.11. The first kappa shape index (κ1) is 8.57. The molecule has 0 amide bonds. The number of hydrogen-bond acceptors (Lipinski definition) is 2. The third-order valence-electron chi connectivity index (χ3n) is 2.24. The summed E-state index contributed by atoms with van der Waals surface area (Å²) in [6.45, 7) is 3.60. The van der Waals surface area contributed by atoms with Crippen molar-refractivity contribution < 1.29 is 9.47 Å². The molecule has 70 valence electrons. The Morgan fingerprint density at radius 1 is 1.54 bits per heavy atom. The minimum absolute atomic E-state index is 0.306. The molecular formula is C11H14O2. The largest absolute Gasteiger partial charge is 0.494 e. The number of hydrogen-bond donors (Lipinski definition) is 0. The van der Waals surface area contributed by atoms with Gasteiger partial charge in [0.15, 0.2) is 0 Å². The van der Waals surface area contributed by atoms with Gasteiger partial charge in [-0.05, 0) is 24.6 Å². The van der Waals surface area contributed by atoms with Gasteiger partial charge in [-0.25, -0.2) is 0 Å². The summed E-state index contributed by atoms with van der Waals surface area (Å²) in [5.74, 6) is 0.940. The molecule has 1 fully saturated rings. The molecule has 13 heavy (non-hydrogen) atoms. The molecule has 1 aliphatic rings. The summed E-state index contributed by atoms with van der Waals surface area (Å²) in [5.41, 5.74) is 1.23. The molecular weight excluding hydrogens is 164 g/mol. The highest BCUT2D eigenvalue weighted by molar-refractivity contribution is 5.30. The molecule has 0 bridgehead atoms. The van der Waals surface area contributed by atoms with Crippen LogP contribution in [0.1, 0.15) is 25.0 Å². The summed E-state index contributed by atoms with van der Waals surface area (Å²) in [5, 5.41) is 0. The second-order valence-corrected chi connectivity index (χ2v) is 3.15. The smallest absolute Gasteiger partial charge is 0.119 e. The van der Waals surface area contributed by atoms with Crippen molar-refractivity contribution in [3.05, 3.63) is 29.8 Å². The zero-order valence-electron chi connectivity index (χ0n) is 7.82. The highest BCUT2D eigenvalue weighted by Crippen LogP contribution is 2.30. The van der Waals surface area contributed by atoms with E-state index in [9.17, 15) is 0 Å². The maximum Gasteiger partial charge on any atom is 0.119 e. The van der Waals surface area contributed by atoms with Gasteiger partial charge in [-0.15, -0.1) is 0 Å². The van der Waals surface area contributed by atoms with E-state index < -0.39 is 0 Å². The molecule has 1 atom stereocenters. The minimum Gasteiger partial charge on any atom is -0.494 e. The fourth-order valence-electron chi connectivity index (χ4n) is 1.47. The van der Waals surface area contributed by atoms with E-state index in [0.29, 0.717) is 6.10 Å². The molecule has 0 aromatic heterocycles. The molecule has 0 spiro atoms. The first-order chi connectivity index (χ1) is 6.40. The van der Waals surface area contributed by atoms with E-state index in [1.165, 1.54) is 5.56 Å². The van der Waals surface area contributed by atoms with Crippen LogP contribution >= 0.6 is 0 Å². The van der Waals surface area contributed by atoms with Crippen LogP contribution in [0.25, 0.3) is 0 Å². The third kappa shape index (κ3) is 1.83. The predicted molar refractivity (Wildman–Crippen MR) is 50.9 cm³/mol. The molecule has 0 saturated carbocycles. The van der Waals surface area contributed by atoms with E-state index in [4.69, 9.17) is 9.47 Å². The fourth-order valence-corrected chi connectivity index (χ4v) is 1.47. The molecule has 2 rings (SSSR count). The summed E-state index contributed by atoms with van der Waals surface area (Å²) in [6.07, 6.45) is 1.44. The predicted octanol–water partition coefficient (Wildman–Crippen LogP) is 2.55. The molecule has 1 heterocycles. The van der Waals surface area contributed by atoms with Gasteiger partial charge >= 0.3 is 0 Å². The Kier molecular flexibility index (Phi) is 2.50. The lowest BCUT2D eigenvalue weighted by Gasteiger charge is -2.26. The molecule has 1 saturated heterocycles. The van der Waals surface area contributed by atoms with Crippen LogP contribution in [0, 0.1) is 0 Å². The van der Waals surface area contributed by atoms with Crippen LogP contribution in [0.3, 0.4) is 0 Å². The van der Waals surface area contributed by atoms with Gasteiger partial charge in [-0.2, -0.15) is 0 Å². The molecule has 1 aromatic rings. The SMILES string of the molecule is CCOc1cccc(C2CCO2)c1. The molecule has 0 radical (unpaired) electrons. The van der Waals surface area contributed by atoms with Gasteiger partial charge in [0, 0.05) is 6.42 Å². The topological polar surface area (TPSA) is 18.5 Å². The second-order valence-electron chi connectivity index (χ2n) is 3.15. The van der Waals surface area contributed by atoms with E-state index in [1.807, 2.05) is 19.1 Å². The van der Waals surface area contributed by atoms with E-state index in [1.54, 1.807) is 0 Å². The van der Waals surface area contributed by atoms with Crippen LogP contribution in [0.5, 0.6) is 5.75 Å². The Bertz CT molecular complexity index is 279. The van der Waals surface area contributed by atoms with Crippen molar-refractivity contribution in [3.63, 3.8) is 0 Å². The first-order valence-electron chi connectivity index (χ1n) is 4.74. The summed E-state index contributed by atoms with van der Waals surface area (Å²) in [7, 11) is 0. The van der Waals surface area contributed by atoms with E-state index in [0.717, 1.165) is 25.4 Å². The van der Waals surface area contributed by atoms with Crippen LogP contribution in [0.2, 0.25) is 0 Å². The molecule has 2 heteroatoms. The summed E-state index contributed by atoms with van der Waals surface area (Å²) < 4.78 is 10.8. The summed E-state index contributed by atoms with van der Waals surface area (Å²) >= 11 is 0. The first-order valence-corrected chi connectivity index (χ1v) is 4.74. The number of benzene rings is 1. The van der Waals surface area contributed by atoms with Gasteiger partial charge < -0.3 is 9.47 Å². The lowest BCUT2D eigenvalue weighted by molar-refractivity contribution is -0.0528. The Hall–Kier alpha value is -1.02. The van der Waals surface area contributed by atoms with E-state index in [-0.39, 0.29) is 0 Å². The molecule has 0 aliphatic carbocycles. The average Bonchev–Trinajstić information content (AvgIpc) is 2.02. The van der Waals surface area contributed by atoms with Gasteiger partial charge in [0.2, 0.25) is 0 Å². The van der Waals surface area contributed by atoms with Crippen molar-refractivity contribution in [2.45, 2.75) is 19.4 Å². The van der Waals surface area contributed by atoms with Crippen molar-refractivity contribution >= 4 is 0 Å². The lowest BCUT2D eigenvalue weighted by atomic mass is 10.0. The monoisotopic (exact) mass is 178 g/mol. The molecule has 1 unspecified atom stereocenters. The van der Waals surface area contributed by atoms with Crippen LogP contribution in [-0.2, 0) is 4.74 Å². The molecule has 2 nitrogen and oxygen atoms in total. The average molecular weight is 178 g/mol. The Morgan fingerprint density at radius 3 is 3.00 bits per heavy atom. The lowest BCUT2D eigenvalue weighted by Crippen LogP contribution is -2.18. The normalized spacial score (nSPS) is 20.8. The summed E-state index contributed by atoms with van der Waals surface area (Å²) in [6, 6.07) is 8.15. The van der Waals surface area contributed by atoms with Gasteiger partial charge in [0.05, 0.1) is 19.3 Å². The van der Waals surface area contributed by atoms with Gasteiger partial charge in [-0.1, -0.05) is 12.1 Å². The van der Waals surface area contributed by atoms with Gasteiger partial charge in [0.1, 0.15) is 5.75 Å². The quantitative estimate of drug-likeness (QED) is 0.708. The zero-order valence-corrected chi connectivity index (χ0v) is 7.82. The standard InChI is InChI=1S/C11H14O2/c1-2-12-10-5-3-4-9(8-10)11-6-7-13-11/h3-5,8,11H,2,6-7H2,1H3. The van der Waals surface area contributed by atoms with Crippen LogP contribution in [0.15, 0.2) is 24.3 Å². The molecule has 1 aliphatic heterocycles. The maximum atomic E-state index is 5.41. The molecule has 0 N–H and O–H groups in total.